The van der Waals surface area contributed by atoms with Crippen LogP contribution in [0.2, 0.25) is 0 Å². The van der Waals surface area contributed by atoms with Gasteiger partial charge in [0.1, 0.15) is 28.9 Å². The van der Waals surface area contributed by atoms with Crippen LogP contribution < -0.4 is 5.32 Å². The van der Waals surface area contributed by atoms with Crippen molar-refractivity contribution in [3.8, 4) is 17.4 Å². The summed E-state index contributed by atoms with van der Waals surface area (Å²) in [6.07, 6.45) is 2.84. The zero-order valence-electron chi connectivity index (χ0n) is 14.0. The molecule has 0 saturated heterocycles. The van der Waals surface area contributed by atoms with E-state index in [9.17, 15) is 14.9 Å². The summed E-state index contributed by atoms with van der Waals surface area (Å²) < 4.78 is 10.7. The van der Waals surface area contributed by atoms with E-state index in [1.807, 2.05) is 6.07 Å². The van der Waals surface area contributed by atoms with Gasteiger partial charge in [0.15, 0.2) is 0 Å². The van der Waals surface area contributed by atoms with Crippen LogP contribution in [0.15, 0.2) is 69.2 Å². The molecule has 2 aromatic heterocycles. The van der Waals surface area contributed by atoms with Crippen LogP contribution in [-0.2, 0) is 11.3 Å². The van der Waals surface area contributed by atoms with E-state index >= 15 is 0 Å². The molecule has 0 aliphatic carbocycles. The number of nitriles is 1. The first-order valence-electron chi connectivity index (χ1n) is 7.93. The number of carboxylic acid groups (broad SMARTS) is 1. The molecule has 7 heteroatoms. The van der Waals surface area contributed by atoms with Gasteiger partial charge in [-0.15, -0.1) is 0 Å². The molecule has 7 nitrogen and oxygen atoms in total. The number of rotatable bonds is 6. The molecule has 0 saturated carbocycles. The Labute approximate surface area is 154 Å². The second kappa shape index (κ2) is 7.89. The summed E-state index contributed by atoms with van der Waals surface area (Å²) in [6.45, 7) is 0.171. The third kappa shape index (κ3) is 4.32. The van der Waals surface area contributed by atoms with Crippen LogP contribution in [0.3, 0.4) is 0 Å². The Kier molecular flexibility index (Phi) is 5.19. The van der Waals surface area contributed by atoms with Gasteiger partial charge in [-0.1, -0.05) is 12.1 Å². The fourth-order valence-electron chi connectivity index (χ4n) is 2.33. The summed E-state index contributed by atoms with van der Waals surface area (Å²) in [5, 5.41) is 20.7. The van der Waals surface area contributed by atoms with Gasteiger partial charge in [-0.05, 0) is 36.4 Å². The minimum absolute atomic E-state index is 0.108. The van der Waals surface area contributed by atoms with Crippen molar-refractivity contribution in [2.75, 3.05) is 0 Å². The summed E-state index contributed by atoms with van der Waals surface area (Å²) >= 11 is 0. The fourth-order valence-corrected chi connectivity index (χ4v) is 2.33. The highest BCUT2D eigenvalue weighted by Gasteiger charge is 2.12. The molecule has 134 valence electrons. The van der Waals surface area contributed by atoms with Crippen LogP contribution in [0.4, 0.5) is 0 Å². The number of nitrogens with zero attached hydrogens (tertiary/aromatic N) is 1. The third-order valence-corrected chi connectivity index (χ3v) is 3.70. The smallest absolute Gasteiger partial charge is 0.335 e. The monoisotopic (exact) mass is 362 g/mol. The first-order chi connectivity index (χ1) is 13.1. The van der Waals surface area contributed by atoms with Gasteiger partial charge in [0.25, 0.3) is 5.91 Å². The molecule has 0 unspecified atom stereocenters. The largest absolute Gasteiger partial charge is 0.478 e. The van der Waals surface area contributed by atoms with Crippen LogP contribution in [0, 0.1) is 11.3 Å². The molecule has 0 radical (unpaired) electrons. The first kappa shape index (κ1) is 17.8. The van der Waals surface area contributed by atoms with Gasteiger partial charge in [-0.2, -0.15) is 5.26 Å². The van der Waals surface area contributed by atoms with E-state index in [4.69, 9.17) is 13.9 Å². The standard InChI is InChI=1S/C20H14N2O5/c21-11-15(19(23)22-12-17-2-1-9-26-17)10-16-7-8-18(27-16)13-3-5-14(6-4-13)20(24)25/h1-10H,12H2,(H,22,23)(H,24,25)/b15-10+. The second-order valence-electron chi connectivity index (χ2n) is 5.52. The van der Waals surface area contributed by atoms with E-state index in [-0.39, 0.29) is 17.7 Å². The van der Waals surface area contributed by atoms with Crippen molar-refractivity contribution >= 4 is 18.0 Å². The van der Waals surface area contributed by atoms with Gasteiger partial charge >= 0.3 is 5.97 Å². The van der Waals surface area contributed by atoms with Crippen molar-refractivity contribution in [1.82, 2.24) is 5.32 Å². The Bertz CT molecular complexity index is 1020. The maximum Gasteiger partial charge on any atom is 0.335 e. The predicted octanol–water partition coefficient (Wildman–Crippen LogP) is 3.46. The van der Waals surface area contributed by atoms with Crippen LogP contribution in [0.5, 0.6) is 0 Å². The van der Waals surface area contributed by atoms with Gasteiger partial charge in [-0.3, -0.25) is 4.79 Å². The lowest BCUT2D eigenvalue weighted by molar-refractivity contribution is -0.117. The quantitative estimate of drug-likeness (QED) is 0.512. The van der Waals surface area contributed by atoms with Crippen LogP contribution >= 0.6 is 0 Å². The molecule has 3 rings (SSSR count). The van der Waals surface area contributed by atoms with Crippen molar-refractivity contribution in [2.45, 2.75) is 6.54 Å². The van der Waals surface area contributed by atoms with E-state index in [0.29, 0.717) is 22.8 Å². The predicted molar refractivity (Wildman–Crippen MR) is 95.2 cm³/mol. The summed E-state index contributed by atoms with van der Waals surface area (Å²) in [5.41, 5.74) is 0.745. The lowest BCUT2D eigenvalue weighted by atomic mass is 10.1. The maximum absolute atomic E-state index is 12.1. The van der Waals surface area contributed by atoms with Gasteiger partial charge in [-0.25, -0.2) is 4.79 Å². The molecule has 1 amide bonds. The summed E-state index contributed by atoms with van der Waals surface area (Å²) in [4.78, 5) is 23.0. The molecule has 2 heterocycles. The number of amides is 1. The highest BCUT2D eigenvalue weighted by atomic mass is 16.4. The topological polar surface area (TPSA) is 116 Å². The average molecular weight is 362 g/mol. The molecule has 0 spiro atoms. The Morgan fingerprint density at radius 2 is 1.93 bits per heavy atom. The van der Waals surface area contributed by atoms with Gasteiger partial charge in [0.05, 0.1) is 18.4 Å². The van der Waals surface area contributed by atoms with E-state index in [0.717, 1.165) is 0 Å². The van der Waals surface area contributed by atoms with Crippen LogP contribution in [0.1, 0.15) is 21.9 Å². The van der Waals surface area contributed by atoms with E-state index in [2.05, 4.69) is 5.32 Å². The Morgan fingerprint density at radius 1 is 1.15 bits per heavy atom. The molecule has 0 aliphatic heterocycles. The number of benzene rings is 1. The number of carbonyl (C=O) groups is 2. The number of hydrogen-bond donors (Lipinski definition) is 2. The normalized spacial score (nSPS) is 11.0. The van der Waals surface area contributed by atoms with Crippen molar-refractivity contribution in [1.29, 1.82) is 5.26 Å². The van der Waals surface area contributed by atoms with E-state index in [1.54, 1.807) is 36.4 Å². The second-order valence-corrected chi connectivity index (χ2v) is 5.52. The first-order valence-corrected chi connectivity index (χ1v) is 7.93. The lowest BCUT2D eigenvalue weighted by Crippen LogP contribution is -2.23. The zero-order chi connectivity index (χ0) is 19.2. The third-order valence-electron chi connectivity index (χ3n) is 3.70. The van der Waals surface area contributed by atoms with Crippen molar-refractivity contribution in [3.63, 3.8) is 0 Å². The zero-order valence-corrected chi connectivity index (χ0v) is 14.0. The molecule has 2 N–H and O–H groups in total. The molecule has 0 fully saturated rings. The van der Waals surface area contributed by atoms with Crippen molar-refractivity contribution in [3.05, 3.63) is 77.5 Å². The van der Waals surface area contributed by atoms with Crippen LogP contribution in [0.25, 0.3) is 17.4 Å². The van der Waals surface area contributed by atoms with Gasteiger partial charge in [0, 0.05) is 11.6 Å². The summed E-state index contributed by atoms with van der Waals surface area (Å²) in [6, 6.07) is 14.7. The minimum atomic E-state index is -1.01. The Balaban J connectivity index is 1.72. The minimum Gasteiger partial charge on any atom is -0.478 e. The fraction of sp³-hybridized carbons (Fsp3) is 0.0500. The number of carboxylic acids is 1. The lowest BCUT2D eigenvalue weighted by Gasteiger charge is -2.01. The highest BCUT2D eigenvalue weighted by Crippen LogP contribution is 2.24. The van der Waals surface area contributed by atoms with Crippen LogP contribution in [-0.4, -0.2) is 17.0 Å². The Morgan fingerprint density at radius 3 is 2.56 bits per heavy atom. The number of furan rings is 2. The molecule has 1 aromatic carbocycles. The molecule has 0 atom stereocenters. The summed E-state index contributed by atoms with van der Waals surface area (Å²) in [7, 11) is 0. The van der Waals surface area contributed by atoms with E-state index < -0.39 is 11.9 Å². The summed E-state index contributed by atoms with van der Waals surface area (Å²) in [5.74, 6) is -0.157. The van der Waals surface area contributed by atoms with Crippen molar-refractivity contribution < 1.29 is 23.5 Å². The Hall–Kier alpha value is -4.05. The number of nitrogens with one attached hydrogen (secondary N) is 1. The van der Waals surface area contributed by atoms with Gasteiger partial charge < -0.3 is 19.3 Å². The molecular formula is C20H14N2O5. The molecule has 3 aromatic rings. The van der Waals surface area contributed by atoms with E-state index in [1.165, 1.54) is 24.5 Å². The number of aromatic carboxylic acids is 1. The molecule has 0 bridgehead atoms. The number of carbonyl (C=O) groups excluding carboxylic acids is 1. The average Bonchev–Trinajstić information content (AvgIpc) is 3.36. The maximum atomic E-state index is 12.1. The SMILES string of the molecule is N#C/C(=C\c1ccc(-c2ccc(C(=O)O)cc2)o1)C(=O)NCc1ccco1. The highest BCUT2D eigenvalue weighted by molar-refractivity contribution is 6.01. The molecule has 0 aliphatic rings. The van der Waals surface area contributed by atoms with Gasteiger partial charge in [0.2, 0.25) is 0 Å². The molecule has 27 heavy (non-hydrogen) atoms. The van der Waals surface area contributed by atoms with Crippen molar-refractivity contribution in [2.24, 2.45) is 0 Å². The number of hydrogen-bond acceptors (Lipinski definition) is 5. The molecular weight excluding hydrogens is 348 g/mol.